The van der Waals surface area contributed by atoms with Crippen LogP contribution in [0.4, 0.5) is 8.78 Å². The highest BCUT2D eigenvalue weighted by molar-refractivity contribution is 5.38. The van der Waals surface area contributed by atoms with Gasteiger partial charge in [-0.2, -0.15) is 0 Å². The molecule has 0 aliphatic heterocycles. The van der Waals surface area contributed by atoms with Crippen molar-refractivity contribution in [2.45, 2.75) is 13.0 Å². The number of ether oxygens (including phenoxy) is 1. The van der Waals surface area contributed by atoms with Gasteiger partial charge < -0.3 is 9.84 Å². The molecule has 0 fully saturated rings. The maximum Gasteiger partial charge on any atom is 0.268 e. The zero-order valence-corrected chi connectivity index (χ0v) is 7.00. The second kappa shape index (κ2) is 4.13. The molecular formula is C8H9F2NO2. The van der Waals surface area contributed by atoms with Crippen molar-refractivity contribution >= 4 is 0 Å². The SMILES string of the molecule is COc1c(CO)cncc1C(F)F. The first kappa shape index (κ1) is 9.85. The number of aliphatic hydroxyl groups excluding tert-OH is 1. The van der Waals surface area contributed by atoms with Crippen molar-refractivity contribution in [2.75, 3.05) is 7.11 Å². The van der Waals surface area contributed by atoms with E-state index in [0.29, 0.717) is 0 Å². The van der Waals surface area contributed by atoms with E-state index < -0.39 is 6.43 Å². The van der Waals surface area contributed by atoms with E-state index in [1.165, 1.54) is 13.3 Å². The number of alkyl halides is 2. The Morgan fingerprint density at radius 1 is 1.54 bits per heavy atom. The predicted molar refractivity (Wildman–Crippen MR) is 41.7 cm³/mol. The van der Waals surface area contributed by atoms with Gasteiger partial charge in [-0.1, -0.05) is 0 Å². The minimum atomic E-state index is -2.64. The van der Waals surface area contributed by atoms with E-state index in [4.69, 9.17) is 9.84 Å². The second-order valence-electron chi connectivity index (χ2n) is 2.38. The standard InChI is InChI=1S/C8H9F2NO2/c1-13-7-5(4-12)2-11-3-6(7)8(9)10/h2-3,8,12H,4H2,1H3. The van der Waals surface area contributed by atoms with Gasteiger partial charge in [0, 0.05) is 18.0 Å². The summed E-state index contributed by atoms with van der Waals surface area (Å²) in [5, 5.41) is 8.79. The highest BCUT2D eigenvalue weighted by atomic mass is 19.3. The van der Waals surface area contributed by atoms with Crippen molar-refractivity contribution in [1.29, 1.82) is 0 Å². The van der Waals surface area contributed by atoms with E-state index in [1.54, 1.807) is 0 Å². The molecule has 0 unspecified atom stereocenters. The molecule has 1 rings (SSSR count). The van der Waals surface area contributed by atoms with Crippen LogP contribution in [0.25, 0.3) is 0 Å². The minimum Gasteiger partial charge on any atom is -0.496 e. The molecule has 0 saturated heterocycles. The Bertz CT molecular complexity index is 291. The molecule has 1 heterocycles. The zero-order valence-electron chi connectivity index (χ0n) is 7.00. The average molecular weight is 189 g/mol. The van der Waals surface area contributed by atoms with Gasteiger partial charge in [0.15, 0.2) is 0 Å². The van der Waals surface area contributed by atoms with Crippen LogP contribution in [0.1, 0.15) is 17.6 Å². The third-order valence-electron chi connectivity index (χ3n) is 1.61. The molecule has 0 aromatic carbocycles. The number of rotatable bonds is 3. The molecule has 13 heavy (non-hydrogen) atoms. The topological polar surface area (TPSA) is 42.4 Å². The van der Waals surface area contributed by atoms with Crippen LogP contribution in [0.5, 0.6) is 5.75 Å². The maximum atomic E-state index is 12.3. The largest absolute Gasteiger partial charge is 0.496 e. The lowest BCUT2D eigenvalue weighted by Gasteiger charge is -2.10. The van der Waals surface area contributed by atoms with Gasteiger partial charge in [-0.25, -0.2) is 8.78 Å². The summed E-state index contributed by atoms with van der Waals surface area (Å²) in [6.45, 7) is -0.364. The summed E-state index contributed by atoms with van der Waals surface area (Å²) in [6.07, 6.45) is -0.318. The van der Waals surface area contributed by atoms with Crippen molar-refractivity contribution in [2.24, 2.45) is 0 Å². The normalized spacial score (nSPS) is 10.5. The molecule has 0 aliphatic rings. The summed E-state index contributed by atoms with van der Waals surface area (Å²) in [5.41, 5.74) is -0.0330. The number of pyridine rings is 1. The van der Waals surface area contributed by atoms with Gasteiger partial charge >= 0.3 is 0 Å². The minimum absolute atomic E-state index is 0.00694. The monoisotopic (exact) mass is 189 g/mol. The number of methoxy groups -OCH3 is 1. The Morgan fingerprint density at radius 3 is 2.69 bits per heavy atom. The number of hydrogen-bond donors (Lipinski definition) is 1. The molecule has 0 atom stereocenters. The van der Waals surface area contributed by atoms with Crippen LogP contribution >= 0.6 is 0 Å². The van der Waals surface area contributed by atoms with Crippen molar-refractivity contribution < 1.29 is 18.6 Å². The van der Waals surface area contributed by atoms with E-state index in [1.807, 2.05) is 0 Å². The Hall–Kier alpha value is -1.23. The van der Waals surface area contributed by atoms with Gasteiger partial charge in [0.25, 0.3) is 6.43 Å². The van der Waals surface area contributed by atoms with Crippen molar-refractivity contribution in [3.63, 3.8) is 0 Å². The third kappa shape index (κ3) is 1.92. The molecule has 5 heteroatoms. The Kier molecular flexibility index (Phi) is 3.13. The lowest BCUT2D eigenvalue weighted by Crippen LogP contribution is -1.99. The van der Waals surface area contributed by atoms with Crippen LogP contribution in [0.15, 0.2) is 12.4 Å². The molecule has 0 radical (unpaired) electrons. The summed E-state index contributed by atoms with van der Waals surface area (Å²) in [5.74, 6) is 0.00694. The van der Waals surface area contributed by atoms with Crippen LogP contribution in [-0.4, -0.2) is 17.2 Å². The van der Waals surface area contributed by atoms with Crippen LogP contribution in [0.2, 0.25) is 0 Å². The lowest BCUT2D eigenvalue weighted by atomic mass is 10.2. The van der Waals surface area contributed by atoms with Crippen molar-refractivity contribution in [3.05, 3.63) is 23.5 Å². The fourth-order valence-electron chi connectivity index (χ4n) is 1.03. The Labute approximate surface area is 74.0 Å². The fourth-order valence-corrected chi connectivity index (χ4v) is 1.03. The number of aromatic nitrogens is 1. The maximum absolute atomic E-state index is 12.3. The first-order valence-electron chi connectivity index (χ1n) is 3.60. The third-order valence-corrected chi connectivity index (χ3v) is 1.61. The van der Waals surface area contributed by atoms with Crippen molar-refractivity contribution in [3.8, 4) is 5.75 Å². The highest BCUT2D eigenvalue weighted by Crippen LogP contribution is 2.30. The van der Waals surface area contributed by atoms with Gasteiger partial charge in [-0.3, -0.25) is 4.98 Å². The van der Waals surface area contributed by atoms with Gasteiger partial charge in [0.1, 0.15) is 5.75 Å². The molecule has 0 amide bonds. The summed E-state index contributed by atoms with van der Waals surface area (Å²) in [7, 11) is 1.28. The van der Waals surface area contributed by atoms with Gasteiger partial charge in [0.05, 0.1) is 19.3 Å². The van der Waals surface area contributed by atoms with Crippen LogP contribution in [0.3, 0.4) is 0 Å². The summed E-state index contributed by atoms with van der Waals surface area (Å²) in [4.78, 5) is 3.57. The fraction of sp³-hybridized carbons (Fsp3) is 0.375. The number of aliphatic hydroxyl groups is 1. The Balaban J connectivity index is 3.19. The molecule has 0 bridgehead atoms. The summed E-state index contributed by atoms with van der Waals surface area (Å²) >= 11 is 0. The number of nitrogens with zero attached hydrogens (tertiary/aromatic N) is 1. The lowest BCUT2D eigenvalue weighted by molar-refractivity contribution is 0.145. The molecular weight excluding hydrogens is 180 g/mol. The smallest absolute Gasteiger partial charge is 0.268 e. The van der Waals surface area contributed by atoms with Gasteiger partial charge in [-0.15, -0.1) is 0 Å². The molecule has 1 aromatic heterocycles. The molecule has 72 valence electrons. The van der Waals surface area contributed by atoms with Gasteiger partial charge in [0.2, 0.25) is 0 Å². The summed E-state index contributed by atoms with van der Waals surface area (Å²) < 4.78 is 29.4. The second-order valence-corrected chi connectivity index (χ2v) is 2.38. The molecule has 1 N–H and O–H groups in total. The number of halogens is 2. The molecule has 0 aliphatic carbocycles. The van der Waals surface area contributed by atoms with E-state index in [-0.39, 0.29) is 23.5 Å². The van der Waals surface area contributed by atoms with E-state index in [2.05, 4.69) is 4.98 Å². The van der Waals surface area contributed by atoms with Crippen molar-refractivity contribution in [1.82, 2.24) is 4.98 Å². The summed E-state index contributed by atoms with van der Waals surface area (Å²) in [6, 6.07) is 0. The quantitative estimate of drug-likeness (QED) is 0.783. The number of hydrogen-bond acceptors (Lipinski definition) is 3. The van der Waals surface area contributed by atoms with Crippen LogP contribution in [-0.2, 0) is 6.61 Å². The molecule has 1 aromatic rings. The van der Waals surface area contributed by atoms with E-state index >= 15 is 0 Å². The van der Waals surface area contributed by atoms with Gasteiger partial charge in [-0.05, 0) is 0 Å². The first-order chi connectivity index (χ1) is 6.20. The highest BCUT2D eigenvalue weighted by Gasteiger charge is 2.16. The van der Waals surface area contributed by atoms with Crippen LogP contribution < -0.4 is 4.74 Å². The average Bonchev–Trinajstić information content (AvgIpc) is 2.16. The van der Waals surface area contributed by atoms with E-state index in [0.717, 1.165) is 6.20 Å². The zero-order chi connectivity index (χ0) is 9.84. The predicted octanol–water partition coefficient (Wildman–Crippen LogP) is 1.52. The molecule has 0 saturated carbocycles. The molecule has 0 spiro atoms. The Morgan fingerprint density at radius 2 is 2.23 bits per heavy atom. The first-order valence-corrected chi connectivity index (χ1v) is 3.60. The van der Waals surface area contributed by atoms with E-state index in [9.17, 15) is 8.78 Å². The molecule has 3 nitrogen and oxygen atoms in total. The van der Waals surface area contributed by atoms with Crippen LogP contribution in [0, 0.1) is 0 Å².